The van der Waals surface area contributed by atoms with Crippen LogP contribution in [0.3, 0.4) is 0 Å². The van der Waals surface area contributed by atoms with Crippen molar-refractivity contribution in [1.29, 1.82) is 0 Å². The van der Waals surface area contributed by atoms with Crippen molar-refractivity contribution in [1.82, 2.24) is 10.6 Å². The lowest BCUT2D eigenvalue weighted by molar-refractivity contribution is -0.129. The Hall–Kier alpha value is -0.660. The Morgan fingerprint density at radius 3 is 2.68 bits per heavy atom. The molecule has 1 atom stereocenters. The molecule has 0 radical (unpaired) electrons. The fraction of sp³-hybridized carbons (Fsp3) is 0.917. The largest absolute Gasteiger partial charge is 0.368 e. The van der Waals surface area contributed by atoms with E-state index in [4.69, 9.17) is 4.74 Å². The molecule has 2 rings (SSSR count). The summed E-state index contributed by atoms with van der Waals surface area (Å²) in [4.78, 5) is 11.8. The van der Waals surface area contributed by atoms with Crippen LogP contribution in [0, 0.1) is 0 Å². The summed E-state index contributed by atoms with van der Waals surface area (Å²) in [5.74, 6) is -0.0454. The fourth-order valence-corrected chi connectivity index (χ4v) is 4.73. The second kappa shape index (κ2) is 5.76. The standard InChI is InChI=1S/C12H22N2O4S/c1-12(4-7-19(16,17)9-12)14-11(15)8-18-10-2-5-13-6-3-10/h10,13H,2-9H2,1H3,(H,14,15). The highest BCUT2D eigenvalue weighted by atomic mass is 32.2. The molecule has 2 fully saturated rings. The van der Waals surface area contributed by atoms with E-state index in [2.05, 4.69) is 10.6 Å². The molecule has 2 saturated heterocycles. The van der Waals surface area contributed by atoms with Gasteiger partial charge in [0.25, 0.3) is 0 Å². The third kappa shape index (κ3) is 4.43. The second-order valence-electron chi connectivity index (χ2n) is 5.71. The lowest BCUT2D eigenvalue weighted by Gasteiger charge is -2.26. The average Bonchev–Trinajstić information content (AvgIpc) is 2.62. The van der Waals surface area contributed by atoms with Crippen molar-refractivity contribution in [2.75, 3.05) is 31.2 Å². The normalized spacial score (nSPS) is 31.2. The Morgan fingerprint density at radius 1 is 1.42 bits per heavy atom. The molecule has 19 heavy (non-hydrogen) atoms. The first-order chi connectivity index (χ1) is 8.89. The van der Waals surface area contributed by atoms with Gasteiger partial charge in [0.15, 0.2) is 9.84 Å². The Kier molecular flexibility index (Phi) is 4.47. The molecule has 1 unspecified atom stereocenters. The minimum Gasteiger partial charge on any atom is -0.368 e. The van der Waals surface area contributed by atoms with Gasteiger partial charge in [-0.15, -0.1) is 0 Å². The van der Waals surface area contributed by atoms with Crippen LogP contribution in [0.2, 0.25) is 0 Å². The zero-order chi connectivity index (χ0) is 13.9. The molecule has 0 aromatic carbocycles. The van der Waals surface area contributed by atoms with E-state index in [0.29, 0.717) is 6.42 Å². The molecule has 2 heterocycles. The smallest absolute Gasteiger partial charge is 0.246 e. The van der Waals surface area contributed by atoms with Crippen LogP contribution in [0.15, 0.2) is 0 Å². The highest BCUT2D eigenvalue weighted by molar-refractivity contribution is 7.91. The molecule has 0 bridgehead atoms. The predicted octanol–water partition coefficient (Wildman–Crippen LogP) is -0.552. The molecule has 7 heteroatoms. The van der Waals surface area contributed by atoms with Gasteiger partial charge in [-0.2, -0.15) is 0 Å². The van der Waals surface area contributed by atoms with E-state index in [1.807, 2.05) is 0 Å². The fourth-order valence-electron chi connectivity index (χ4n) is 2.64. The van der Waals surface area contributed by atoms with Crippen molar-refractivity contribution in [3.8, 4) is 0 Å². The lowest BCUT2D eigenvalue weighted by atomic mass is 10.0. The number of carbonyl (C=O) groups is 1. The van der Waals surface area contributed by atoms with E-state index in [1.54, 1.807) is 6.92 Å². The summed E-state index contributed by atoms with van der Waals surface area (Å²) in [6.45, 7) is 3.63. The maximum atomic E-state index is 11.8. The maximum absolute atomic E-state index is 11.8. The van der Waals surface area contributed by atoms with E-state index in [0.717, 1.165) is 25.9 Å². The van der Waals surface area contributed by atoms with Gasteiger partial charge >= 0.3 is 0 Å². The van der Waals surface area contributed by atoms with Gasteiger partial charge in [0, 0.05) is 0 Å². The lowest BCUT2D eigenvalue weighted by Crippen LogP contribution is -2.48. The third-order valence-corrected chi connectivity index (χ3v) is 5.58. The molecule has 2 aliphatic rings. The summed E-state index contributed by atoms with van der Waals surface area (Å²) >= 11 is 0. The number of nitrogens with one attached hydrogen (secondary N) is 2. The summed E-state index contributed by atoms with van der Waals surface area (Å²) in [6, 6.07) is 0. The summed E-state index contributed by atoms with van der Waals surface area (Å²) in [6.07, 6.45) is 2.44. The summed E-state index contributed by atoms with van der Waals surface area (Å²) in [5, 5.41) is 6.02. The predicted molar refractivity (Wildman–Crippen MR) is 71.7 cm³/mol. The van der Waals surface area contributed by atoms with Crippen LogP contribution in [0.25, 0.3) is 0 Å². The van der Waals surface area contributed by atoms with Gasteiger partial charge in [-0.3, -0.25) is 4.79 Å². The summed E-state index contributed by atoms with van der Waals surface area (Å²) in [7, 11) is -3.00. The van der Waals surface area contributed by atoms with Crippen molar-refractivity contribution < 1.29 is 17.9 Å². The monoisotopic (exact) mass is 290 g/mol. The molecule has 0 aliphatic carbocycles. The number of hydrogen-bond donors (Lipinski definition) is 2. The quantitative estimate of drug-likeness (QED) is 0.725. The van der Waals surface area contributed by atoms with Crippen LogP contribution < -0.4 is 10.6 Å². The van der Waals surface area contributed by atoms with Gasteiger partial charge in [-0.05, 0) is 39.3 Å². The Labute approximate surface area is 114 Å². The minimum atomic E-state index is -3.00. The van der Waals surface area contributed by atoms with Crippen LogP contribution in [-0.2, 0) is 19.4 Å². The molecule has 2 aliphatic heterocycles. The highest BCUT2D eigenvalue weighted by Crippen LogP contribution is 2.22. The molecule has 1 amide bonds. The second-order valence-corrected chi connectivity index (χ2v) is 7.90. The topological polar surface area (TPSA) is 84.5 Å². The van der Waals surface area contributed by atoms with Crippen LogP contribution in [0.1, 0.15) is 26.2 Å². The van der Waals surface area contributed by atoms with Gasteiger partial charge < -0.3 is 15.4 Å². The van der Waals surface area contributed by atoms with Crippen LogP contribution in [-0.4, -0.2) is 57.2 Å². The van der Waals surface area contributed by atoms with Crippen LogP contribution in [0.4, 0.5) is 0 Å². The molecular weight excluding hydrogens is 268 g/mol. The molecule has 0 saturated carbocycles. The maximum Gasteiger partial charge on any atom is 0.246 e. The van der Waals surface area contributed by atoms with Crippen molar-refractivity contribution in [2.24, 2.45) is 0 Å². The average molecular weight is 290 g/mol. The van der Waals surface area contributed by atoms with Crippen molar-refractivity contribution in [2.45, 2.75) is 37.8 Å². The first kappa shape index (κ1) is 14.7. The first-order valence-electron chi connectivity index (χ1n) is 6.72. The molecule has 0 aromatic heterocycles. The molecule has 6 nitrogen and oxygen atoms in total. The zero-order valence-electron chi connectivity index (χ0n) is 11.3. The zero-order valence-corrected chi connectivity index (χ0v) is 12.1. The Bertz CT molecular complexity index is 431. The van der Waals surface area contributed by atoms with E-state index in [-0.39, 0.29) is 30.1 Å². The van der Waals surface area contributed by atoms with Crippen molar-refractivity contribution >= 4 is 15.7 Å². The Morgan fingerprint density at radius 2 is 2.11 bits per heavy atom. The van der Waals surface area contributed by atoms with E-state index in [9.17, 15) is 13.2 Å². The number of rotatable bonds is 4. The molecule has 110 valence electrons. The van der Waals surface area contributed by atoms with Gasteiger partial charge in [-0.25, -0.2) is 8.42 Å². The van der Waals surface area contributed by atoms with Gasteiger partial charge in [-0.1, -0.05) is 0 Å². The number of amides is 1. The number of sulfone groups is 1. The minimum absolute atomic E-state index is 0.0142. The van der Waals surface area contributed by atoms with Crippen molar-refractivity contribution in [3.05, 3.63) is 0 Å². The van der Waals surface area contributed by atoms with Crippen LogP contribution in [0.5, 0.6) is 0 Å². The Balaban J connectivity index is 1.75. The van der Waals surface area contributed by atoms with Gasteiger partial charge in [0.2, 0.25) is 5.91 Å². The van der Waals surface area contributed by atoms with Crippen molar-refractivity contribution in [3.63, 3.8) is 0 Å². The van der Waals surface area contributed by atoms with Crippen LogP contribution >= 0.6 is 0 Å². The molecular formula is C12H22N2O4S. The first-order valence-corrected chi connectivity index (χ1v) is 8.54. The van der Waals surface area contributed by atoms with Gasteiger partial charge in [0.1, 0.15) is 6.61 Å². The molecule has 0 aromatic rings. The summed E-state index contributed by atoms with van der Waals surface area (Å²) < 4.78 is 28.4. The van der Waals surface area contributed by atoms with Gasteiger partial charge in [0.05, 0.1) is 23.1 Å². The molecule has 0 spiro atoms. The number of hydrogen-bond acceptors (Lipinski definition) is 5. The number of piperidine rings is 1. The third-order valence-electron chi connectivity index (χ3n) is 3.68. The number of ether oxygens (including phenoxy) is 1. The number of carbonyl (C=O) groups excluding carboxylic acids is 1. The molecule has 2 N–H and O–H groups in total. The van der Waals surface area contributed by atoms with E-state index >= 15 is 0 Å². The van der Waals surface area contributed by atoms with E-state index in [1.165, 1.54) is 0 Å². The van der Waals surface area contributed by atoms with E-state index < -0.39 is 15.4 Å². The SMILES string of the molecule is CC1(NC(=O)COC2CCNCC2)CCS(=O)(=O)C1. The highest BCUT2D eigenvalue weighted by Gasteiger charge is 2.39. The summed E-state index contributed by atoms with van der Waals surface area (Å²) in [5.41, 5.74) is -0.632.